The predicted molar refractivity (Wildman–Crippen MR) is 74.7 cm³/mol. The lowest BCUT2D eigenvalue weighted by Crippen LogP contribution is -2.51. The summed E-state index contributed by atoms with van der Waals surface area (Å²) in [4.78, 5) is 0. The van der Waals surface area contributed by atoms with E-state index in [9.17, 15) is 8.42 Å². The number of piperidine rings is 1. The first kappa shape index (κ1) is 16.8. The van der Waals surface area contributed by atoms with Crippen molar-refractivity contribution in [2.45, 2.75) is 31.1 Å². The Hall–Kier alpha value is -0.210. The van der Waals surface area contributed by atoms with Gasteiger partial charge in [-0.15, -0.1) is 0 Å². The van der Waals surface area contributed by atoms with Gasteiger partial charge in [-0.05, 0) is 26.3 Å². The van der Waals surface area contributed by atoms with Gasteiger partial charge in [0.15, 0.2) is 0 Å². The van der Waals surface area contributed by atoms with Crippen LogP contribution in [-0.4, -0.2) is 71.1 Å². The molecule has 0 radical (unpaired) electrons. The van der Waals surface area contributed by atoms with E-state index in [-0.39, 0.29) is 11.3 Å². The Bertz CT molecular complexity index is 342. The number of sulfonamides is 1. The maximum Gasteiger partial charge on any atom is 0.218 e. The van der Waals surface area contributed by atoms with Gasteiger partial charge in [0.25, 0.3) is 0 Å². The topological polar surface area (TPSA) is 67.9 Å². The molecular formula is C12H26N2O4S. The second-order valence-corrected chi connectivity index (χ2v) is 7.09. The van der Waals surface area contributed by atoms with Crippen LogP contribution in [0.4, 0.5) is 0 Å². The third-order valence-electron chi connectivity index (χ3n) is 3.42. The first-order valence-corrected chi connectivity index (χ1v) is 8.23. The van der Waals surface area contributed by atoms with Crippen molar-refractivity contribution in [3.05, 3.63) is 0 Å². The highest BCUT2D eigenvalue weighted by atomic mass is 32.2. The molecule has 1 saturated heterocycles. The first-order valence-electron chi connectivity index (χ1n) is 6.73. The van der Waals surface area contributed by atoms with Crippen molar-refractivity contribution in [2.75, 3.05) is 47.1 Å². The Morgan fingerprint density at radius 2 is 2.11 bits per heavy atom. The molecule has 1 rings (SSSR count). The summed E-state index contributed by atoms with van der Waals surface area (Å²) < 4.78 is 37.0. The second kappa shape index (κ2) is 8.16. The molecule has 0 aromatic carbocycles. The Balaban J connectivity index is 2.80. The molecule has 1 aliphatic heterocycles. The summed E-state index contributed by atoms with van der Waals surface area (Å²) >= 11 is 0. The molecule has 6 nitrogen and oxygen atoms in total. The molecule has 0 saturated carbocycles. The van der Waals surface area contributed by atoms with Crippen LogP contribution in [0.25, 0.3) is 0 Å². The summed E-state index contributed by atoms with van der Waals surface area (Å²) in [5, 5.41) is 2.82. The first-order chi connectivity index (χ1) is 9.04. The van der Waals surface area contributed by atoms with E-state index in [2.05, 4.69) is 5.32 Å². The minimum Gasteiger partial charge on any atom is -0.383 e. The third kappa shape index (κ3) is 4.68. The fourth-order valence-corrected chi connectivity index (χ4v) is 4.44. The molecule has 0 bridgehead atoms. The molecule has 7 heteroatoms. The van der Waals surface area contributed by atoms with Gasteiger partial charge in [0.05, 0.1) is 18.5 Å². The molecule has 1 heterocycles. The smallest absolute Gasteiger partial charge is 0.218 e. The van der Waals surface area contributed by atoms with E-state index in [0.29, 0.717) is 26.3 Å². The molecule has 1 N–H and O–H groups in total. The van der Waals surface area contributed by atoms with E-state index in [1.165, 1.54) is 4.31 Å². The molecule has 1 fully saturated rings. The van der Waals surface area contributed by atoms with Crippen molar-refractivity contribution < 1.29 is 17.9 Å². The van der Waals surface area contributed by atoms with Crippen LogP contribution in [0.2, 0.25) is 0 Å². The standard InChI is InChI=1S/C12H26N2O4S/c1-11(10-18-3)14(7-8-17-2)19(15,16)12-5-4-6-13-9-12/h11-13H,4-10H2,1-3H3. The molecule has 0 aliphatic carbocycles. The van der Waals surface area contributed by atoms with E-state index < -0.39 is 10.0 Å². The van der Waals surface area contributed by atoms with Crippen LogP contribution >= 0.6 is 0 Å². The number of methoxy groups -OCH3 is 2. The van der Waals surface area contributed by atoms with E-state index in [4.69, 9.17) is 9.47 Å². The molecule has 0 spiro atoms. The largest absolute Gasteiger partial charge is 0.383 e. The monoisotopic (exact) mass is 294 g/mol. The van der Waals surface area contributed by atoms with Crippen LogP contribution in [0.1, 0.15) is 19.8 Å². The van der Waals surface area contributed by atoms with Gasteiger partial charge >= 0.3 is 0 Å². The predicted octanol–water partition coefficient (Wildman–Crippen LogP) is 0.0515. The molecular weight excluding hydrogens is 268 g/mol. The van der Waals surface area contributed by atoms with E-state index in [0.717, 1.165) is 19.4 Å². The van der Waals surface area contributed by atoms with Crippen LogP contribution < -0.4 is 5.32 Å². The summed E-state index contributed by atoms with van der Waals surface area (Å²) in [6.45, 7) is 4.46. The molecule has 2 atom stereocenters. The maximum absolute atomic E-state index is 12.7. The van der Waals surface area contributed by atoms with Gasteiger partial charge in [-0.2, -0.15) is 4.31 Å². The number of hydrogen-bond donors (Lipinski definition) is 1. The minimum absolute atomic E-state index is 0.174. The van der Waals surface area contributed by atoms with Gasteiger partial charge < -0.3 is 14.8 Å². The van der Waals surface area contributed by atoms with Gasteiger partial charge in [-0.1, -0.05) is 0 Å². The van der Waals surface area contributed by atoms with Crippen molar-refractivity contribution in [2.24, 2.45) is 0 Å². The van der Waals surface area contributed by atoms with E-state index in [1.54, 1.807) is 14.2 Å². The van der Waals surface area contributed by atoms with Crippen molar-refractivity contribution in [3.63, 3.8) is 0 Å². The van der Waals surface area contributed by atoms with Crippen molar-refractivity contribution in [3.8, 4) is 0 Å². The minimum atomic E-state index is -3.31. The summed E-state index contributed by atoms with van der Waals surface area (Å²) in [6.07, 6.45) is 1.62. The second-order valence-electron chi connectivity index (χ2n) is 4.92. The normalized spacial score (nSPS) is 22.6. The summed E-state index contributed by atoms with van der Waals surface area (Å²) in [6, 6.07) is -0.174. The van der Waals surface area contributed by atoms with Crippen LogP contribution in [0.5, 0.6) is 0 Å². The number of hydrogen-bond acceptors (Lipinski definition) is 5. The molecule has 2 unspecified atom stereocenters. The van der Waals surface area contributed by atoms with Crippen molar-refractivity contribution >= 4 is 10.0 Å². The Kier molecular flexibility index (Phi) is 7.23. The van der Waals surface area contributed by atoms with Gasteiger partial charge in [-0.25, -0.2) is 8.42 Å². The van der Waals surface area contributed by atoms with Crippen LogP contribution in [0, 0.1) is 0 Å². The van der Waals surface area contributed by atoms with Crippen molar-refractivity contribution in [1.29, 1.82) is 0 Å². The summed E-state index contributed by atoms with van der Waals surface area (Å²) in [5.74, 6) is 0. The lowest BCUT2D eigenvalue weighted by atomic mass is 10.2. The Morgan fingerprint density at radius 1 is 1.37 bits per heavy atom. The Morgan fingerprint density at radius 3 is 2.63 bits per heavy atom. The summed E-state index contributed by atoms with van der Waals surface area (Å²) in [5.41, 5.74) is 0. The van der Waals surface area contributed by atoms with Crippen molar-refractivity contribution in [1.82, 2.24) is 9.62 Å². The number of nitrogens with zero attached hydrogens (tertiary/aromatic N) is 1. The molecule has 0 aromatic rings. The highest BCUT2D eigenvalue weighted by Gasteiger charge is 2.35. The fourth-order valence-electron chi connectivity index (χ4n) is 2.37. The average molecular weight is 294 g/mol. The number of ether oxygens (including phenoxy) is 2. The van der Waals surface area contributed by atoms with Gasteiger partial charge in [0.1, 0.15) is 0 Å². The zero-order valence-electron chi connectivity index (χ0n) is 12.1. The zero-order chi connectivity index (χ0) is 14.3. The molecule has 0 aromatic heterocycles. The van der Waals surface area contributed by atoms with Crippen LogP contribution in [0.15, 0.2) is 0 Å². The summed E-state index contributed by atoms with van der Waals surface area (Å²) in [7, 11) is -0.147. The lowest BCUT2D eigenvalue weighted by molar-refractivity contribution is 0.118. The van der Waals surface area contributed by atoms with Crippen LogP contribution in [-0.2, 0) is 19.5 Å². The van der Waals surface area contributed by atoms with Gasteiger partial charge in [-0.3, -0.25) is 0 Å². The van der Waals surface area contributed by atoms with Gasteiger partial charge in [0.2, 0.25) is 10.0 Å². The quantitative estimate of drug-likeness (QED) is 0.685. The van der Waals surface area contributed by atoms with Gasteiger partial charge in [0, 0.05) is 33.4 Å². The highest BCUT2D eigenvalue weighted by molar-refractivity contribution is 7.89. The molecule has 1 aliphatic rings. The molecule has 114 valence electrons. The molecule has 0 amide bonds. The average Bonchev–Trinajstić information content (AvgIpc) is 2.40. The number of rotatable bonds is 8. The van der Waals surface area contributed by atoms with Crippen LogP contribution in [0.3, 0.4) is 0 Å². The Labute approximate surface area is 116 Å². The highest BCUT2D eigenvalue weighted by Crippen LogP contribution is 2.19. The SMILES string of the molecule is COCCN(C(C)COC)S(=O)(=O)C1CCCNC1. The third-order valence-corrected chi connectivity index (χ3v) is 5.86. The number of nitrogens with one attached hydrogen (secondary N) is 1. The lowest BCUT2D eigenvalue weighted by Gasteiger charge is -2.33. The maximum atomic E-state index is 12.7. The zero-order valence-corrected chi connectivity index (χ0v) is 12.9. The van der Waals surface area contributed by atoms with E-state index >= 15 is 0 Å². The molecule has 19 heavy (non-hydrogen) atoms. The fraction of sp³-hybridized carbons (Fsp3) is 1.00. The van der Waals surface area contributed by atoms with E-state index in [1.807, 2.05) is 6.92 Å².